The maximum Gasteiger partial charge on any atom is 0.362 e. The Balaban J connectivity index is 4.05. The van der Waals surface area contributed by atoms with Gasteiger partial charge in [-0.15, -0.1) is 0 Å². The van der Waals surface area contributed by atoms with Crippen LogP contribution in [-0.2, 0) is 9.09 Å². The highest BCUT2D eigenvalue weighted by atomic mass is 33.3. The first-order valence-electron chi connectivity index (χ1n) is 5.50. The molecule has 4 nitrogen and oxygen atoms in total. The first kappa shape index (κ1) is 16.4. The summed E-state index contributed by atoms with van der Waals surface area (Å²) in [6.07, 6.45) is 3.54. The van der Waals surface area contributed by atoms with E-state index < -0.39 is 6.72 Å². The molecule has 0 rings (SSSR count). The lowest BCUT2D eigenvalue weighted by Crippen LogP contribution is -2.08. The molecule has 16 heavy (non-hydrogen) atoms. The van der Waals surface area contributed by atoms with Crippen molar-refractivity contribution in [1.29, 1.82) is 0 Å². The number of nitrogens with zero attached hydrogens (tertiary/aromatic N) is 1. The van der Waals surface area contributed by atoms with E-state index in [9.17, 15) is 4.57 Å². The summed E-state index contributed by atoms with van der Waals surface area (Å²) in [4.78, 5) is 4.07. The van der Waals surface area contributed by atoms with Crippen molar-refractivity contribution in [3.8, 4) is 0 Å². The van der Waals surface area contributed by atoms with E-state index in [0.717, 1.165) is 25.1 Å². The van der Waals surface area contributed by atoms with Crippen LogP contribution >= 0.6 is 27.9 Å². The van der Waals surface area contributed by atoms with E-state index in [4.69, 9.17) is 4.52 Å². The molecule has 0 aliphatic rings. The molecule has 0 radical (unpaired) electrons. The van der Waals surface area contributed by atoms with Crippen molar-refractivity contribution in [3.63, 3.8) is 0 Å². The Morgan fingerprint density at radius 3 is 2.69 bits per heavy atom. The number of aliphatic imine (C=N–C) groups is 1. The summed E-state index contributed by atoms with van der Waals surface area (Å²) in [6.45, 7) is 4.34. The number of nitrogens with one attached hydrogen (secondary N) is 1. The minimum atomic E-state index is -2.81. The molecule has 0 heterocycles. The third-order valence-corrected chi connectivity index (χ3v) is 8.06. The first-order chi connectivity index (χ1) is 7.68. The lowest BCUT2D eigenvalue weighted by Gasteiger charge is -2.15. The van der Waals surface area contributed by atoms with E-state index in [1.807, 2.05) is 13.8 Å². The van der Waals surface area contributed by atoms with Crippen LogP contribution < -0.4 is 5.09 Å². The molecule has 0 fully saturated rings. The third-order valence-electron chi connectivity index (χ3n) is 1.40. The largest absolute Gasteiger partial charge is 0.362 e. The molecule has 0 spiro atoms. The van der Waals surface area contributed by atoms with Gasteiger partial charge in [-0.05, 0) is 19.8 Å². The number of hydrogen-bond donors (Lipinski definition) is 1. The summed E-state index contributed by atoms with van der Waals surface area (Å²) < 4.78 is 17.4. The van der Waals surface area contributed by atoms with Crippen LogP contribution in [0, 0.1) is 0 Å². The van der Waals surface area contributed by atoms with Gasteiger partial charge < -0.3 is 4.52 Å². The summed E-state index contributed by atoms with van der Waals surface area (Å²) in [7, 11) is 2.85. The Kier molecular flexibility index (Phi) is 10.7. The summed E-state index contributed by atoms with van der Waals surface area (Å²) in [5.41, 5.74) is 0. The van der Waals surface area contributed by atoms with Gasteiger partial charge in [0.1, 0.15) is 0 Å². The van der Waals surface area contributed by atoms with Crippen molar-refractivity contribution in [2.45, 2.75) is 33.6 Å². The van der Waals surface area contributed by atoms with Gasteiger partial charge in [0.25, 0.3) is 0 Å². The molecular weight excluding hydrogens is 263 g/mol. The SMILES string of the molecule is CCCN=CNP(=O)(OCC)SSCCC. The summed E-state index contributed by atoms with van der Waals surface area (Å²) in [6, 6.07) is 0. The second-order valence-electron chi connectivity index (χ2n) is 2.98. The molecule has 0 saturated carbocycles. The van der Waals surface area contributed by atoms with Crippen molar-refractivity contribution < 1.29 is 9.09 Å². The molecule has 0 aromatic rings. The lowest BCUT2D eigenvalue weighted by atomic mass is 10.5. The molecule has 96 valence electrons. The Morgan fingerprint density at radius 2 is 2.12 bits per heavy atom. The minimum absolute atomic E-state index is 0.436. The minimum Gasteiger partial charge on any atom is -0.306 e. The molecule has 0 aromatic heterocycles. The van der Waals surface area contributed by atoms with Gasteiger partial charge in [-0.25, -0.2) is 0 Å². The molecule has 0 saturated heterocycles. The second-order valence-corrected chi connectivity index (χ2v) is 9.22. The van der Waals surface area contributed by atoms with Crippen LogP contribution in [0.3, 0.4) is 0 Å². The van der Waals surface area contributed by atoms with Crippen molar-refractivity contribution >= 4 is 34.3 Å². The van der Waals surface area contributed by atoms with Crippen molar-refractivity contribution in [2.75, 3.05) is 18.9 Å². The molecular formula is C9H21N2O2PS2. The number of hydrogen-bond acceptors (Lipinski definition) is 5. The van der Waals surface area contributed by atoms with E-state index in [2.05, 4.69) is 17.0 Å². The van der Waals surface area contributed by atoms with Crippen LogP contribution in [0.1, 0.15) is 33.6 Å². The molecule has 7 heteroatoms. The second kappa shape index (κ2) is 10.5. The molecule has 0 aromatic carbocycles. The van der Waals surface area contributed by atoms with Crippen LogP contribution in [0.5, 0.6) is 0 Å². The van der Waals surface area contributed by atoms with Gasteiger partial charge in [0.15, 0.2) is 0 Å². The topological polar surface area (TPSA) is 50.7 Å². The van der Waals surface area contributed by atoms with E-state index in [0.29, 0.717) is 6.61 Å². The van der Waals surface area contributed by atoms with Crippen molar-refractivity contribution in [1.82, 2.24) is 5.09 Å². The van der Waals surface area contributed by atoms with Gasteiger partial charge in [-0.1, -0.05) is 24.6 Å². The van der Waals surface area contributed by atoms with Crippen LogP contribution in [0.25, 0.3) is 0 Å². The van der Waals surface area contributed by atoms with Crippen LogP contribution in [0.15, 0.2) is 4.99 Å². The average molecular weight is 284 g/mol. The van der Waals surface area contributed by atoms with Crippen LogP contribution in [0.2, 0.25) is 0 Å². The zero-order valence-corrected chi connectivity index (χ0v) is 12.7. The van der Waals surface area contributed by atoms with E-state index in [1.54, 1.807) is 10.8 Å². The zero-order chi connectivity index (χ0) is 12.3. The summed E-state index contributed by atoms with van der Waals surface area (Å²) in [5.74, 6) is 0.968. The van der Waals surface area contributed by atoms with Gasteiger partial charge in [0.05, 0.1) is 12.9 Å². The summed E-state index contributed by atoms with van der Waals surface area (Å²) >= 11 is 0. The Hall–Kier alpha value is 0.360. The van der Waals surface area contributed by atoms with Gasteiger partial charge in [-0.3, -0.25) is 14.6 Å². The zero-order valence-electron chi connectivity index (χ0n) is 10.1. The van der Waals surface area contributed by atoms with Crippen molar-refractivity contribution in [3.05, 3.63) is 0 Å². The molecule has 0 aliphatic carbocycles. The normalized spacial score (nSPS) is 15.2. The quantitative estimate of drug-likeness (QED) is 0.216. The first-order valence-corrected chi connectivity index (χ1v) is 10.0. The highest BCUT2D eigenvalue weighted by Crippen LogP contribution is 2.61. The highest BCUT2D eigenvalue weighted by molar-refractivity contribution is 8.99. The predicted molar refractivity (Wildman–Crippen MR) is 76.4 cm³/mol. The molecule has 0 aliphatic heterocycles. The fourth-order valence-corrected chi connectivity index (χ4v) is 6.40. The van der Waals surface area contributed by atoms with E-state index in [-0.39, 0.29) is 0 Å². The fourth-order valence-electron chi connectivity index (χ4n) is 0.745. The standard InChI is InChI=1S/C9H21N2O2PS2/c1-4-7-10-9-11-14(12,13-6-3)16-15-8-5-2/h9H,4-8H2,1-3H3,(H,10,11,12). The Bertz CT molecular complexity index is 240. The number of rotatable bonds is 10. The van der Waals surface area contributed by atoms with E-state index >= 15 is 0 Å². The highest BCUT2D eigenvalue weighted by Gasteiger charge is 2.22. The van der Waals surface area contributed by atoms with Crippen LogP contribution in [0.4, 0.5) is 0 Å². The van der Waals surface area contributed by atoms with Gasteiger partial charge in [0.2, 0.25) is 0 Å². The van der Waals surface area contributed by atoms with Crippen LogP contribution in [-0.4, -0.2) is 25.2 Å². The maximum absolute atomic E-state index is 12.2. The summed E-state index contributed by atoms with van der Waals surface area (Å²) in [5, 5.41) is 2.77. The molecule has 1 unspecified atom stereocenters. The molecule has 0 amide bonds. The Morgan fingerprint density at radius 1 is 1.38 bits per heavy atom. The fraction of sp³-hybridized carbons (Fsp3) is 0.889. The smallest absolute Gasteiger partial charge is 0.306 e. The van der Waals surface area contributed by atoms with Gasteiger partial charge in [0, 0.05) is 22.7 Å². The van der Waals surface area contributed by atoms with Gasteiger partial charge in [-0.2, -0.15) is 0 Å². The third kappa shape index (κ3) is 8.50. The lowest BCUT2D eigenvalue weighted by molar-refractivity contribution is 0.343. The molecule has 1 atom stereocenters. The Labute approximate surface area is 106 Å². The van der Waals surface area contributed by atoms with Gasteiger partial charge >= 0.3 is 6.72 Å². The molecule has 0 bridgehead atoms. The molecule has 1 N–H and O–H groups in total. The average Bonchev–Trinajstić information content (AvgIpc) is 2.25. The van der Waals surface area contributed by atoms with Crippen molar-refractivity contribution in [2.24, 2.45) is 4.99 Å². The maximum atomic E-state index is 12.2. The monoisotopic (exact) mass is 284 g/mol. The van der Waals surface area contributed by atoms with E-state index in [1.165, 1.54) is 16.8 Å². The predicted octanol–water partition coefficient (Wildman–Crippen LogP) is 3.95.